The van der Waals surface area contributed by atoms with Crippen LogP contribution in [0, 0.1) is 10.1 Å². The van der Waals surface area contributed by atoms with Crippen LogP contribution in [0.4, 0.5) is 11.4 Å². The fourth-order valence-corrected chi connectivity index (χ4v) is 2.78. The fraction of sp³-hybridized carbons (Fsp3) is 0.118. The molecule has 0 aliphatic heterocycles. The number of aromatic nitrogens is 1. The molecule has 6 nitrogen and oxygen atoms in total. The molecule has 1 unspecified atom stereocenters. The van der Waals surface area contributed by atoms with Crippen molar-refractivity contribution in [3.63, 3.8) is 0 Å². The smallest absolute Gasteiger partial charge is 0.278 e. The minimum absolute atomic E-state index is 0.00435. The van der Waals surface area contributed by atoms with Gasteiger partial charge in [0.15, 0.2) is 0 Å². The van der Waals surface area contributed by atoms with Crippen LogP contribution in [0.3, 0.4) is 0 Å². The topological polar surface area (TPSA) is 88.3 Å². The Labute approximate surface area is 142 Å². The Bertz CT molecular complexity index is 901. The first-order valence-corrected chi connectivity index (χ1v) is 7.64. The van der Waals surface area contributed by atoms with Gasteiger partial charge in [0.25, 0.3) is 5.69 Å². The lowest BCUT2D eigenvalue weighted by Crippen LogP contribution is -2.13. The molecule has 2 aromatic carbocycles. The third-order valence-corrected chi connectivity index (χ3v) is 4.04. The highest BCUT2D eigenvalue weighted by molar-refractivity contribution is 6.31. The maximum atomic E-state index is 11.1. The van der Waals surface area contributed by atoms with Gasteiger partial charge in [-0.2, -0.15) is 0 Å². The standard InChI is InChI=1S/C17H14ClN3O3/c18-13-6-2-1-4-11(13)16(22)10-20-14-7-8-15(21(23)24)12-5-3-9-19-17(12)14/h1-9,16,20,22H,10H2. The summed E-state index contributed by atoms with van der Waals surface area (Å²) in [5.74, 6) is 0. The van der Waals surface area contributed by atoms with Crippen LogP contribution in [-0.4, -0.2) is 21.6 Å². The van der Waals surface area contributed by atoms with Crippen molar-refractivity contribution in [1.82, 2.24) is 4.98 Å². The van der Waals surface area contributed by atoms with Gasteiger partial charge in [-0.05, 0) is 24.3 Å². The SMILES string of the molecule is O=[N+]([O-])c1ccc(NCC(O)c2ccccc2Cl)c2ncccc12. The molecule has 1 aromatic heterocycles. The molecule has 0 radical (unpaired) electrons. The maximum Gasteiger partial charge on any atom is 0.278 e. The van der Waals surface area contributed by atoms with E-state index in [2.05, 4.69) is 10.3 Å². The van der Waals surface area contributed by atoms with Crippen LogP contribution in [0.2, 0.25) is 5.02 Å². The summed E-state index contributed by atoms with van der Waals surface area (Å²) in [6.07, 6.45) is 0.759. The van der Waals surface area contributed by atoms with Gasteiger partial charge >= 0.3 is 0 Å². The van der Waals surface area contributed by atoms with Gasteiger partial charge in [0, 0.05) is 29.4 Å². The van der Waals surface area contributed by atoms with E-state index in [4.69, 9.17) is 11.6 Å². The Balaban J connectivity index is 1.87. The number of nitrogens with one attached hydrogen (secondary N) is 1. The molecule has 0 amide bonds. The van der Waals surface area contributed by atoms with E-state index < -0.39 is 11.0 Å². The zero-order chi connectivity index (χ0) is 17.1. The number of nitro groups is 1. The Hall–Kier alpha value is -2.70. The monoisotopic (exact) mass is 343 g/mol. The van der Waals surface area contributed by atoms with Crippen LogP contribution >= 0.6 is 11.6 Å². The van der Waals surface area contributed by atoms with E-state index >= 15 is 0 Å². The molecular weight excluding hydrogens is 330 g/mol. The number of hydrogen-bond acceptors (Lipinski definition) is 5. The van der Waals surface area contributed by atoms with E-state index in [1.54, 1.807) is 48.7 Å². The number of nitrogens with zero attached hydrogens (tertiary/aromatic N) is 2. The van der Waals surface area contributed by atoms with Gasteiger partial charge in [-0.15, -0.1) is 0 Å². The van der Waals surface area contributed by atoms with Crippen LogP contribution in [0.15, 0.2) is 54.7 Å². The molecule has 1 atom stereocenters. The summed E-state index contributed by atoms with van der Waals surface area (Å²) in [6, 6.07) is 13.4. The first-order valence-electron chi connectivity index (χ1n) is 7.26. The molecule has 0 saturated heterocycles. The number of non-ortho nitro benzene ring substituents is 1. The number of hydrogen-bond donors (Lipinski definition) is 2. The first kappa shape index (κ1) is 16.2. The van der Waals surface area contributed by atoms with E-state index in [0.29, 0.717) is 27.2 Å². The van der Waals surface area contributed by atoms with Crippen LogP contribution < -0.4 is 5.32 Å². The summed E-state index contributed by atoms with van der Waals surface area (Å²) >= 11 is 6.08. The summed E-state index contributed by atoms with van der Waals surface area (Å²) in [5, 5.41) is 25.4. The number of pyridine rings is 1. The minimum Gasteiger partial charge on any atom is -0.387 e. The van der Waals surface area contributed by atoms with Crippen molar-refractivity contribution in [3.8, 4) is 0 Å². The lowest BCUT2D eigenvalue weighted by molar-refractivity contribution is -0.383. The molecule has 1 heterocycles. The first-order chi connectivity index (χ1) is 11.6. The van der Waals surface area contributed by atoms with Gasteiger partial charge in [-0.25, -0.2) is 0 Å². The molecule has 2 N–H and O–H groups in total. The van der Waals surface area contributed by atoms with Crippen LogP contribution in [0.1, 0.15) is 11.7 Å². The summed E-state index contributed by atoms with van der Waals surface area (Å²) in [4.78, 5) is 14.9. The predicted octanol–water partition coefficient (Wildman–Crippen LogP) is 3.94. The Morgan fingerprint density at radius 3 is 2.75 bits per heavy atom. The molecular formula is C17H14ClN3O3. The predicted molar refractivity (Wildman–Crippen MR) is 93.3 cm³/mol. The van der Waals surface area contributed by atoms with Crippen molar-refractivity contribution in [2.24, 2.45) is 0 Å². The average molecular weight is 344 g/mol. The second-order valence-electron chi connectivity index (χ2n) is 5.21. The Morgan fingerprint density at radius 1 is 1.21 bits per heavy atom. The van der Waals surface area contributed by atoms with Gasteiger partial charge in [0.1, 0.15) is 5.52 Å². The summed E-state index contributed by atoms with van der Waals surface area (Å²) in [5.41, 5.74) is 1.71. The molecule has 0 spiro atoms. The van der Waals surface area contributed by atoms with Crippen LogP contribution in [0.5, 0.6) is 0 Å². The molecule has 3 rings (SSSR count). The van der Waals surface area contributed by atoms with E-state index in [-0.39, 0.29) is 12.2 Å². The van der Waals surface area contributed by atoms with Crippen LogP contribution in [0.25, 0.3) is 10.9 Å². The van der Waals surface area contributed by atoms with Crippen molar-refractivity contribution < 1.29 is 10.0 Å². The third-order valence-electron chi connectivity index (χ3n) is 3.69. The molecule has 7 heteroatoms. The van der Waals surface area contributed by atoms with E-state index in [1.165, 1.54) is 6.07 Å². The second kappa shape index (κ2) is 6.82. The van der Waals surface area contributed by atoms with E-state index in [9.17, 15) is 15.2 Å². The fourth-order valence-electron chi connectivity index (χ4n) is 2.52. The number of halogens is 1. The van der Waals surface area contributed by atoms with Gasteiger partial charge in [-0.1, -0.05) is 29.8 Å². The van der Waals surface area contributed by atoms with Crippen molar-refractivity contribution >= 4 is 33.9 Å². The van der Waals surface area contributed by atoms with Crippen LogP contribution in [-0.2, 0) is 0 Å². The zero-order valence-corrected chi connectivity index (χ0v) is 13.3. The molecule has 0 saturated carbocycles. The lowest BCUT2D eigenvalue weighted by atomic mass is 10.1. The number of nitro benzene ring substituents is 1. The number of aliphatic hydroxyl groups is 1. The number of anilines is 1. The molecule has 0 aliphatic carbocycles. The molecule has 0 bridgehead atoms. The third kappa shape index (κ3) is 3.15. The Morgan fingerprint density at radius 2 is 2.00 bits per heavy atom. The highest BCUT2D eigenvalue weighted by atomic mass is 35.5. The number of benzene rings is 2. The largest absolute Gasteiger partial charge is 0.387 e. The number of rotatable bonds is 5. The summed E-state index contributed by atoms with van der Waals surface area (Å²) < 4.78 is 0. The summed E-state index contributed by atoms with van der Waals surface area (Å²) in [6.45, 7) is 0.202. The second-order valence-corrected chi connectivity index (χ2v) is 5.61. The Kier molecular flexibility index (Phi) is 4.59. The van der Waals surface area contributed by atoms with Gasteiger partial charge in [0.05, 0.1) is 22.1 Å². The van der Waals surface area contributed by atoms with Crippen molar-refractivity contribution in [2.75, 3.05) is 11.9 Å². The van der Waals surface area contributed by atoms with E-state index in [1.807, 2.05) is 0 Å². The maximum absolute atomic E-state index is 11.1. The average Bonchev–Trinajstić information content (AvgIpc) is 2.59. The molecule has 24 heavy (non-hydrogen) atoms. The molecule has 3 aromatic rings. The molecule has 122 valence electrons. The van der Waals surface area contributed by atoms with Gasteiger partial charge in [0.2, 0.25) is 0 Å². The van der Waals surface area contributed by atoms with Gasteiger partial charge < -0.3 is 10.4 Å². The quantitative estimate of drug-likeness (QED) is 0.541. The van der Waals surface area contributed by atoms with Gasteiger partial charge in [-0.3, -0.25) is 15.1 Å². The van der Waals surface area contributed by atoms with Crippen molar-refractivity contribution in [3.05, 3.63) is 75.4 Å². The lowest BCUT2D eigenvalue weighted by Gasteiger charge is -2.15. The number of aliphatic hydroxyl groups excluding tert-OH is 1. The highest BCUT2D eigenvalue weighted by Crippen LogP contribution is 2.30. The minimum atomic E-state index is -0.812. The van der Waals surface area contributed by atoms with Crippen molar-refractivity contribution in [2.45, 2.75) is 6.10 Å². The van der Waals surface area contributed by atoms with E-state index in [0.717, 1.165) is 0 Å². The summed E-state index contributed by atoms with van der Waals surface area (Å²) in [7, 11) is 0. The van der Waals surface area contributed by atoms with Crippen molar-refractivity contribution in [1.29, 1.82) is 0 Å². The number of fused-ring (bicyclic) bond motifs is 1. The normalized spacial score (nSPS) is 12.1. The molecule has 0 fully saturated rings. The highest BCUT2D eigenvalue weighted by Gasteiger charge is 2.16. The molecule has 0 aliphatic rings. The zero-order valence-electron chi connectivity index (χ0n) is 12.5.